The molecule has 0 bridgehead atoms. The number of nitrogens with one attached hydrogen (secondary N) is 1. The van der Waals surface area contributed by atoms with Crippen LogP contribution < -0.4 is 5.32 Å². The lowest BCUT2D eigenvalue weighted by Crippen LogP contribution is -2.45. The Labute approximate surface area is 217 Å². The van der Waals surface area contributed by atoms with Gasteiger partial charge < -0.3 is 19.7 Å². The van der Waals surface area contributed by atoms with Crippen LogP contribution in [0.1, 0.15) is 67.1 Å². The number of hydrogen-bond donors (Lipinski definition) is 1. The van der Waals surface area contributed by atoms with Gasteiger partial charge >= 0.3 is 0 Å². The highest BCUT2D eigenvalue weighted by Crippen LogP contribution is 2.35. The van der Waals surface area contributed by atoms with Gasteiger partial charge in [0, 0.05) is 38.4 Å². The van der Waals surface area contributed by atoms with Crippen LogP contribution in [0.3, 0.4) is 0 Å². The molecule has 1 amide bonds. The number of benzene rings is 1. The number of carbonyl (C=O) groups is 2. The van der Waals surface area contributed by atoms with Crippen LogP contribution in [0.15, 0.2) is 30.3 Å². The van der Waals surface area contributed by atoms with Gasteiger partial charge in [0.1, 0.15) is 5.82 Å². The van der Waals surface area contributed by atoms with Crippen LogP contribution in [0.4, 0.5) is 11.5 Å². The first kappa shape index (κ1) is 25.4. The molecular formula is C28H35N5O4. The third kappa shape index (κ3) is 5.67. The summed E-state index contributed by atoms with van der Waals surface area (Å²) < 4.78 is 10.7. The first-order valence-electron chi connectivity index (χ1n) is 13.1. The predicted molar refractivity (Wildman–Crippen MR) is 140 cm³/mol. The highest BCUT2D eigenvalue weighted by atomic mass is 16.5. The summed E-state index contributed by atoms with van der Waals surface area (Å²) in [6.45, 7) is 2.27. The van der Waals surface area contributed by atoms with Crippen LogP contribution in [-0.2, 0) is 32.2 Å². The van der Waals surface area contributed by atoms with Crippen LogP contribution in [0, 0.1) is 0 Å². The predicted octanol–water partition coefficient (Wildman–Crippen LogP) is 3.97. The van der Waals surface area contributed by atoms with Crippen molar-refractivity contribution < 1.29 is 19.1 Å². The Morgan fingerprint density at radius 3 is 2.62 bits per heavy atom. The smallest absolute Gasteiger partial charge is 0.295 e. The zero-order valence-corrected chi connectivity index (χ0v) is 21.6. The first-order valence-corrected chi connectivity index (χ1v) is 13.1. The van der Waals surface area contributed by atoms with Gasteiger partial charge in [-0.05, 0) is 48.4 Å². The van der Waals surface area contributed by atoms with Crippen molar-refractivity contribution in [2.45, 2.75) is 63.8 Å². The van der Waals surface area contributed by atoms with E-state index in [2.05, 4.69) is 29.6 Å². The molecule has 1 atom stereocenters. The van der Waals surface area contributed by atoms with Gasteiger partial charge in [0.25, 0.3) is 12.4 Å². The number of hydrogen-bond acceptors (Lipinski definition) is 8. The summed E-state index contributed by atoms with van der Waals surface area (Å²) in [5, 5.41) is 3.52. The van der Waals surface area contributed by atoms with E-state index < -0.39 is 6.23 Å². The number of amides is 1. The molecule has 1 saturated carbocycles. The van der Waals surface area contributed by atoms with E-state index in [1.54, 1.807) is 14.1 Å². The molecule has 3 heterocycles. The van der Waals surface area contributed by atoms with Crippen LogP contribution in [0.2, 0.25) is 0 Å². The van der Waals surface area contributed by atoms with E-state index in [1.165, 1.54) is 42.6 Å². The number of nitrogens with zero attached hydrogens (tertiary/aromatic N) is 4. The Kier molecular flexibility index (Phi) is 7.81. The largest absolute Gasteiger partial charge is 0.439 e. The van der Waals surface area contributed by atoms with Gasteiger partial charge in [-0.25, -0.2) is 14.9 Å². The zero-order chi connectivity index (χ0) is 25.8. The topological polar surface area (TPSA) is 96.9 Å². The van der Waals surface area contributed by atoms with Gasteiger partial charge in [0.15, 0.2) is 5.82 Å². The maximum Gasteiger partial charge on any atom is 0.295 e. The normalized spacial score (nSPS) is 19.0. The van der Waals surface area contributed by atoms with Crippen molar-refractivity contribution in [1.82, 2.24) is 19.8 Å². The third-order valence-electron chi connectivity index (χ3n) is 7.48. The van der Waals surface area contributed by atoms with Crippen molar-refractivity contribution in [1.29, 1.82) is 0 Å². The highest BCUT2D eigenvalue weighted by Gasteiger charge is 2.36. The summed E-state index contributed by atoms with van der Waals surface area (Å²) in [6, 6.07) is 8.67. The first-order chi connectivity index (χ1) is 18.0. The molecule has 2 aliphatic heterocycles. The van der Waals surface area contributed by atoms with E-state index in [1.807, 2.05) is 11.0 Å². The number of carbonyl (C=O) groups excluding carboxylic acids is 2. The van der Waals surface area contributed by atoms with Crippen LogP contribution >= 0.6 is 0 Å². The molecule has 196 valence electrons. The number of fused-ring (bicyclic) bond motifs is 1. The lowest BCUT2D eigenvalue weighted by atomic mass is 9.84. The van der Waals surface area contributed by atoms with Crippen molar-refractivity contribution in [3.05, 3.63) is 53.0 Å². The minimum absolute atomic E-state index is 0.298. The molecule has 1 fully saturated rings. The Morgan fingerprint density at radius 2 is 1.95 bits per heavy atom. The monoisotopic (exact) mass is 505 g/mol. The molecule has 0 saturated heterocycles. The van der Waals surface area contributed by atoms with E-state index in [0.29, 0.717) is 50.3 Å². The van der Waals surface area contributed by atoms with Crippen molar-refractivity contribution >= 4 is 29.5 Å². The van der Waals surface area contributed by atoms with Crippen LogP contribution in [0.5, 0.6) is 0 Å². The molecule has 5 rings (SSSR count). The molecule has 2 aromatic rings. The fraction of sp³-hybridized carbons (Fsp3) is 0.500. The molecular weight excluding hydrogens is 470 g/mol. The van der Waals surface area contributed by atoms with Gasteiger partial charge in [-0.15, -0.1) is 0 Å². The lowest BCUT2D eigenvalue weighted by molar-refractivity contribution is -0.163. The molecule has 37 heavy (non-hydrogen) atoms. The van der Waals surface area contributed by atoms with Gasteiger partial charge in [0.05, 0.1) is 18.9 Å². The summed E-state index contributed by atoms with van der Waals surface area (Å²) in [5.41, 5.74) is 5.13. The maximum atomic E-state index is 12.7. The summed E-state index contributed by atoms with van der Waals surface area (Å²) in [4.78, 5) is 37.0. The summed E-state index contributed by atoms with van der Waals surface area (Å²) in [7, 11) is 3.29. The van der Waals surface area contributed by atoms with E-state index in [4.69, 9.17) is 19.4 Å². The number of likely N-dealkylation sites (N-methyl/N-ethyl adjacent to an activating group) is 1. The molecule has 0 spiro atoms. The third-order valence-corrected chi connectivity index (χ3v) is 7.48. The van der Waals surface area contributed by atoms with Gasteiger partial charge in [-0.1, -0.05) is 37.5 Å². The van der Waals surface area contributed by atoms with E-state index in [9.17, 15) is 9.59 Å². The summed E-state index contributed by atoms with van der Waals surface area (Å²) in [5.74, 6) is 1.73. The fourth-order valence-electron chi connectivity index (χ4n) is 5.41. The molecule has 1 aliphatic carbocycles. The molecule has 3 aliphatic rings. The number of anilines is 2. The fourth-order valence-corrected chi connectivity index (χ4v) is 5.41. The van der Waals surface area contributed by atoms with Gasteiger partial charge in [0.2, 0.25) is 6.23 Å². The molecule has 0 radical (unpaired) electrons. The summed E-state index contributed by atoms with van der Waals surface area (Å²) >= 11 is 0. The average Bonchev–Trinajstić information content (AvgIpc) is 3.37. The molecule has 1 N–H and O–H groups in total. The lowest BCUT2D eigenvalue weighted by Gasteiger charge is -2.26. The van der Waals surface area contributed by atoms with Gasteiger partial charge in [-0.2, -0.15) is 0 Å². The van der Waals surface area contributed by atoms with E-state index in [0.717, 1.165) is 28.9 Å². The van der Waals surface area contributed by atoms with Crippen LogP contribution in [-0.4, -0.2) is 65.7 Å². The molecule has 9 heteroatoms. The second kappa shape index (κ2) is 11.4. The standard InChI is InChI=1S/C28H35N5O4/c1-32(2)27(35)28(37-18-34)33-16-23-24(17-33)30-25(21-12-14-36-15-13-21)31-26(23)29-22-10-8-20(9-11-22)19-6-4-3-5-7-19/h8-12,18-19,28H,3-7,13-17H2,1-2H3,(H,29,30,31). The molecule has 9 nitrogen and oxygen atoms in total. The Bertz CT molecular complexity index is 1160. The van der Waals surface area contributed by atoms with Crippen molar-refractivity contribution in [2.75, 3.05) is 32.6 Å². The Morgan fingerprint density at radius 1 is 1.16 bits per heavy atom. The minimum Gasteiger partial charge on any atom is -0.439 e. The van der Waals surface area contributed by atoms with Crippen molar-refractivity contribution in [2.24, 2.45) is 0 Å². The van der Waals surface area contributed by atoms with Gasteiger partial charge in [-0.3, -0.25) is 9.59 Å². The quantitative estimate of drug-likeness (QED) is 0.539. The Hall–Kier alpha value is -3.30. The van der Waals surface area contributed by atoms with Crippen LogP contribution in [0.25, 0.3) is 5.57 Å². The summed E-state index contributed by atoms with van der Waals surface area (Å²) in [6.07, 6.45) is 8.24. The molecule has 1 aromatic heterocycles. The highest BCUT2D eigenvalue weighted by molar-refractivity contribution is 5.81. The Balaban J connectivity index is 1.44. The second-order valence-corrected chi connectivity index (χ2v) is 10.2. The number of rotatable bonds is 8. The minimum atomic E-state index is -1.02. The molecule has 1 unspecified atom stereocenters. The average molecular weight is 506 g/mol. The molecule has 1 aromatic carbocycles. The van der Waals surface area contributed by atoms with E-state index in [-0.39, 0.29) is 5.91 Å². The number of ether oxygens (including phenoxy) is 2. The SMILES string of the molecule is CN(C)C(=O)C(OC=O)N1Cc2nc(C3=CCOCC3)nc(Nc3ccc(C4CCCCC4)cc3)c2C1. The van der Waals surface area contributed by atoms with E-state index >= 15 is 0 Å². The second-order valence-electron chi connectivity index (χ2n) is 10.2. The van der Waals surface area contributed by atoms with Crippen molar-refractivity contribution in [3.8, 4) is 0 Å². The number of aromatic nitrogens is 2. The van der Waals surface area contributed by atoms with Crippen molar-refractivity contribution in [3.63, 3.8) is 0 Å². The maximum absolute atomic E-state index is 12.7. The zero-order valence-electron chi connectivity index (χ0n) is 21.6.